The van der Waals surface area contributed by atoms with Crippen LogP contribution in [-0.4, -0.2) is 49.6 Å². The van der Waals surface area contributed by atoms with E-state index in [0.717, 1.165) is 22.9 Å². The third-order valence-corrected chi connectivity index (χ3v) is 8.09. The minimum Gasteiger partial charge on any atom is -0.347 e. The third-order valence-electron chi connectivity index (χ3n) is 6.25. The van der Waals surface area contributed by atoms with Gasteiger partial charge in [-0.1, -0.05) is 12.1 Å². The van der Waals surface area contributed by atoms with Crippen LogP contribution in [0.2, 0.25) is 0 Å². The van der Waals surface area contributed by atoms with Crippen molar-refractivity contribution in [3.63, 3.8) is 0 Å². The van der Waals surface area contributed by atoms with Gasteiger partial charge in [0.25, 0.3) is 11.8 Å². The summed E-state index contributed by atoms with van der Waals surface area (Å²) < 4.78 is 1.82. The first kappa shape index (κ1) is 20.1. The lowest BCUT2D eigenvalue weighted by Gasteiger charge is -2.31. The van der Waals surface area contributed by atoms with Crippen LogP contribution in [0.4, 0.5) is 0 Å². The van der Waals surface area contributed by atoms with Gasteiger partial charge in [-0.15, -0.1) is 11.8 Å². The highest BCUT2D eigenvalue weighted by Gasteiger charge is 2.49. The number of carbonyl (C=O) groups excluding carboxylic acids is 2. The molecule has 160 valence electrons. The summed E-state index contributed by atoms with van der Waals surface area (Å²) in [5.74, 6) is -0.282. The van der Waals surface area contributed by atoms with Crippen LogP contribution in [0, 0.1) is 11.3 Å². The number of thioether (sulfide) groups is 1. The summed E-state index contributed by atoms with van der Waals surface area (Å²) in [4.78, 5) is 28.0. The number of aryl methyl sites for hydroxylation is 1. The molecule has 0 radical (unpaired) electrons. The van der Waals surface area contributed by atoms with Gasteiger partial charge in [0.15, 0.2) is 5.69 Å². The Kier molecular flexibility index (Phi) is 5.01. The number of rotatable bonds is 7. The van der Waals surface area contributed by atoms with E-state index in [0.29, 0.717) is 36.5 Å². The molecule has 1 N–H and O–H groups in total. The second-order valence-electron chi connectivity index (χ2n) is 8.77. The zero-order chi connectivity index (χ0) is 21.6. The molecule has 0 atom stereocenters. The maximum atomic E-state index is 13.2. The number of benzene rings is 1. The van der Waals surface area contributed by atoms with Gasteiger partial charge in [-0.25, -0.2) is 0 Å². The first-order valence-electron chi connectivity index (χ1n) is 10.8. The number of hydrogen-bond donors (Lipinski definition) is 1. The Bertz CT molecular complexity index is 1080. The van der Waals surface area contributed by atoms with Gasteiger partial charge in [-0.2, -0.15) is 10.4 Å². The molecular weight excluding hydrogens is 410 g/mol. The smallest absolute Gasteiger partial charge is 0.272 e. The SMILES string of the molecule is Cn1nc(C(=O)NCc2ccc(C#N)cc2)c2c1C(=O)N(CC1(SC3CC3)CC1)CC2. The first-order valence-corrected chi connectivity index (χ1v) is 11.7. The molecule has 1 aromatic carbocycles. The lowest BCUT2D eigenvalue weighted by atomic mass is 10.0. The quantitative estimate of drug-likeness (QED) is 0.722. The van der Waals surface area contributed by atoms with Crippen molar-refractivity contribution in [1.82, 2.24) is 20.0 Å². The highest BCUT2D eigenvalue weighted by Crippen LogP contribution is 2.55. The fourth-order valence-electron chi connectivity index (χ4n) is 4.21. The van der Waals surface area contributed by atoms with Gasteiger partial charge in [0.05, 0.1) is 11.6 Å². The molecule has 2 aliphatic carbocycles. The molecule has 0 unspecified atom stereocenters. The molecule has 3 aliphatic rings. The van der Waals surface area contributed by atoms with Crippen LogP contribution >= 0.6 is 11.8 Å². The maximum Gasteiger partial charge on any atom is 0.272 e. The first-order chi connectivity index (χ1) is 15.0. The fraction of sp³-hybridized carbons (Fsp3) is 0.478. The van der Waals surface area contributed by atoms with Gasteiger partial charge in [0.1, 0.15) is 5.69 Å². The molecule has 0 spiro atoms. The summed E-state index contributed by atoms with van der Waals surface area (Å²) in [6.45, 7) is 1.79. The molecule has 0 saturated heterocycles. The van der Waals surface area contributed by atoms with Crippen molar-refractivity contribution < 1.29 is 9.59 Å². The maximum absolute atomic E-state index is 13.2. The van der Waals surface area contributed by atoms with Crippen LogP contribution in [0.5, 0.6) is 0 Å². The number of hydrogen-bond acceptors (Lipinski definition) is 5. The second-order valence-corrected chi connectivity index (χ2v) is 10.5. The Morgan fingerprint density at radius 1 is 1.32 bits per heavy atom. The van der Waals surface area contributed by atoms with E-state index in [1.807, 2.05) is 17.0 Å². The summed E-state index contributed by atoms with van der Waals surface area (Å²) in [5.41, 5.74) is 3.12. The lowest BCUT2D eigenvalue weighted by molar-refractivity contribution is 0.0725. The van der Waals surface area contributed by atoms with Gasteiger partial charge in [-0.05, 0) is 49.8 Å². The van der Waals surface area contributed by atoms with E-state index in [9.17, 15) is 9.59 Å². The number of aromatic nitrogens is 2. The fourth-order valence-corrected chi connectivity index (χ4v) is 5.85. The minimum atomic E-state index is -0.273. The Morgan fingerprint density at radius 2 is 2.06 bits per heavy atom. The van der Waals surface area contributed by atoms with E-state index in [1.54, 1.807) is 23.9 Å². The topological polar surface area (TPSA) is 91.0 Å². The largest absolute Gasteiger partial charge is 0.347 e. The second kappa shape index (κ2) is 7.72. The van der Waals surface area contributed by atoms with E-state index >= 15 is 0 Å². The number of nitriles is 1. The molecule has 2 heterocycles. The lowest BCUT2D eigenvalue weighted by Crippen LogP contribution is -2.43. The van der Waals surface area contributed by atoms with Crippen LogP contribution in [-0.2, 0) is 20.0 Å². The van der Waals surface area contributed by atoms with Crippen molar-refractivity contribution in [3.05, 3.63) is 52.3 Å². The van der Waals surface area contributed by atoms with E-state index in [2.05, 4.69) is 28.2 Å². The van der Waals surface area contributed by atoms with Crippen LogP contribution in [0.1, 0.15) is 63.4 Å². The van der Waals surface area contributed by atoms with Gasteiger partial charge in [0.2, 0.25) is 0 Å². The molecule has 7 nitrogen and oxygen atoms in total. The summed E-state index contributed by atoms with van der Waals surface area (Å²) in [6.07, 6.45) is 5.66. The van der Waals surface area contributed by atoms with Crippen LogP contribution in [0.25, 0.3) is 0 Å². The highest BCUT2D eigenvalue weighted by atomic mass is 32.2. The van der Waals surface area contributed by atoms with Crippen LogP contribution in [0.3, 0.4) is 0 Å². The molecule has 1 aliphatic heterocycles. The van der Waals surface area contributed by atoms with Crippen molar-refractivity contribution in [2.24, 2.45) is 7.05 Å². The predicted octanol–water partition coefficient (Wildman–Crippen LogP) is 2.65. The van der Waals surface area contributed by atoms with Gasteiger partial charge < -0.3 is 10.2 Å². The van der Waals surface area contributed by atoms with Gasteiger partial charge in [0, 0.05) is 42.2 Å². The molecule has 2 saturated carbocycles. The average Bonchev–Trinajstić information content (AvgIpc) is 3.70. The van der Waals surface area contributed by atoms with Crippen molar-refractivity contribution in [3.8, 4) is 6.07 Å². The standard InChI is InChI=1S/C23H25N5O2S/c1-27-20-18(8-11-28(22(20)30)14-23(9-10-23)31-17-6-7-17)19(26-27)21(29)25-13-16-4-2-15(12-24)3-5-16/h2-5,17H,6-11,13-14H2,1H3,(H,25,29). The van der Waals surface area contributed by atoms with Crippen LogP contribution < -0.4 is 5.32 Å². The Morgan fingerprint density at radius 3 is 2.71 bits per heavy atom. The molecule has 1 aromatic heterocycles. The Balaban J connectivity index is 1.27. The number of fused-ring (bicyclic) bond motifs is 1. The molecule has 31 heavy (non-hydrogen) atoms. The van der Waals surface area contributed by atoms with E-state index in [4.69, 9.17) is 5.26 Å². The highest BCUT2D eigenvalue weighted by molar-refractivity contribution is 8.01. The number of amides is 2. The normalized spacial score (nSPS) is 19.0. The van der Waals surface area contributed by atoms with Crippen LogP contribution in [0.15, 0.2) is 24.3 Å². The molecular formula is C23H25N5O2S. The number of carbonyl (C=O) groups is 2. The summed E-state index contributed by atoms with van der Waals surface area (Å²) in [7, 11) is 1.74. The monoisotopic (exact) mass is 435 g/mol. The number of nitrogens with zero attached hydrogens (tertiary/aromatic N) is 4. The minimum absolute atomic E-state index is 0.00920. The van der Waals surface area contributed by atoms with Crippen molar-refractivity contribution in [1.29, 1.82) is 5.26 Å². The average molecular weight is 436 g/mol. The molecule has 2 amide bonds. The van der Waals surface area contributed by atoms with E-state index in [-0.39, 0.29) is 16.6 Å². The summed E-state index contributed by atoms with van der Waals surface area (Å²) in [5, 5.41) is 17.0. The Hall–Kier alpha value is -2.79. The van der Waals surface area contributed by atoms with E-state index in [1.165, 1.54) is 25.7 Å². The molecule has 2 fully saturated rings. The summed E-state index contributed by atoms with van der Waals surface area (Å²) >= 11 is 2.08. The van der Waals surface area contributed by atoms with Gasteiger partial charge >= 0.3 is 0 Å². The summed E-state index contributed by atoms with van der Waals surface area (Å²) in [6, 6.07) is 9.18. The predicted molar refractivity (Wildman–Crippen MR) is 118 cm³/mol. The third kappa shape index (κ3) is 4.07. The molecule has 0 bridgehead atoms. The molecule has 2 aromatic rings. The van der Waals surface area contributed by atoms with Crippen molar-refractivity contribution >= 4 is 23.6 Å². The number of nitrogens with one attached hydrogen (secondary N) is 1. The zero-order valence-electron chi connectivity index (χ0n) is 17.6. The van der Waals surface area contributed by atoms with Crippen molar-refractivity contribution in [2.75, 3.05) is 13.1 Å². The molecule has 5 rings (SSSR count). The Labute approximate surface area is 185 Å². The van der Waals surface area contributed by atoms with Gasteiger partial charge in [-0.3, -0.25) is 14.3 Å². The van der Waals surface area contributed by atoms with Crippen molar-refractivity contribution in [2.45, 2.75) is 48.6 Å². The van der Waals surface area contributed by atoms with E-state index < -0.39 is 0 Å². The zero-order valence-corrected chi connectivity index (χ0v) is 18.4. The molecule has 8 heteroatoms.